The van der Waals surface area contributed by atoms with Crippen LogP contribution in [0.3, 0.4) is 0 Å². The average molecular weight is 386 g/mol. The molecular formula is C18H28ClN3S2. The normalized spacial score (nSPS) is 12.9. The number of nitrogens with zero attached hydrogens (tertiary/aromatic N) is 1. The van der Waals surface area contributed by atoms with Crippen molar-refractivity contribution >= 4 is 46.4 Å². The molecule has 0 heterocycles. The number of rotatable bonds is 11. The minimum absolute atomic E-state index is 0.207. The van der Waals surface area contributed by atoms with E-state index in [1.165, 1.54) is 24.8 Å². The van der Waals surface area contributed by atoms with Gasteiger partial charge in [-0.25, -0.2) is 0 Å². The molecule has 0 saturated carbocycles. The quantitative estimate of drug-likeness (QED) is 0.222. The molecule has 0 spiro atoms. The second-order valence-corrected chi connectivity index (χ2v) is 7.96. The summed E-state index contributed by atoms with van der Waals surface area (Å²) < 4.78 is 0. The number of hydrazone groups is 1. The molecular weight excluding hydrogens is 358 g/mol. The monoisotopic (exact) mass is 385 g/mol. The number of hydrogen-bond donors (Lipinski definition) is 2. The van der Waals surface area contributed by atoms with Gasteiger partial charge >= 0.3 is 0 Å². The van der Waals surface area contributed by atoms with Crippen molar-refractivity contribution in [3.05, 3.63) is 34.9 Å². The van der Waals surface area contributed by atoms with Gasteiger partial charge in [0.1, 0.15) is 0 Å². The first-order valence-corrected chi connectivity index (χ1v) is 10.4. The minimum atomic E-state index is 0.207. The van der Waals surface area contributed by atoms with Gasteiger partial charge in [-0.1, -0.05) is 62.9 Å². The molecule has 134 valence electrons. The Morgan fingerprint density at radius 2 is 2.04 bits per heavy atom. The van der Waals surface area contributed by atoms with Gasteiger partial charge in [0, 0.05) is 22.4 Å². The molecule has 0 aliphatic rings. The zero-order valence-electron chi connectivity index (χ0n) is 14.6. The van der Waals surface area contributed by atoms with Crippen molar-refractivity contribution < 1.29 is 0 Å². The predicted octanol–water partition coefficient (Wildman–Crippen LogP) is 5.68. The molecule has 0 aliphatic carbocycles. The zero-order valence-corrected chi connectivity index (χ0v) is 16.9. The number of hydrogen-bond acceptors (Lipinski definition) is 3. The lowest BCUT2D eigenvalue weighted by molar-refractivity contribution is 0.677. The molecule has 3 nitrogen and oxygen atoms in total. The molecule has 0 bridgehead atoms. The van der Waals surface area contributed by atoms with Crippen LogP contribution in [0.4, 0.5) is 0 Å². The van der Waals surface area contributed by atoms with Crippen LogP contribution in [0.5, 0.6) is 0 Å². The van der Waals surface area contributed by atoms with Crippen LogP contribution in [0.15, 0.2) is 29.4 Å². The Morgan fingerprint density at radius 1 is 1.29 bits per heavy atom. The molecule has 1 aromatic carbocycles. The van der Waals surface area contributed by atoms with Crippen molar-refractivity contribution in [1.29, 1.82) is 0 Å². The van der Waals surface area contributed by atoms with Crippen molar-refractivity contribution in [3.63, 3.8) is 0 Å². The predicted molar refractivity (Wildman–Crippen MR) is 113 cm³/mol. The molecule has 0 fully saturated rings. The highest BCUT2D eigenvalue weighted by Gasteiger charge is 2.17. The first-order valence-electron chi connectivity index (χ1n) is 8.55. The molecule has 0 aromatic heterocycles. The number of thiocarbonyl (C=S) groups is 1. The van der Waals surface area contributed by atoms with Gasteiger partial charge in [-0.3, -0.25) is 5.43 Å². The summed E-state index contributed by atoms with van der Waals surface area (Å²) in [6.45, 7) is 4.38. The zero-order chi connectivity index (χ0) is 17.8. The largest absolute Gasteiger partial charge is 0.375 e. The van der Waals surface area contributed by atoms with E-state index in [0.717, 1.165) is 35.7 Å². The Balaban J connectivity index is 2.83. The van der Waals surface area contributed by atoms with Crippen LogP contribution in [0.1, 0.15) is 63.2 Å². The lowest BCUT2D eigenvalue weighted by atomic mass is 10.0. The van der Waals surface area contributed by atoms with Gasteiger partial charge < -0.3 is 5.73 Å². The van der Waals surface area contributed by atoms with Gasteiger partial charge in [0.05, 0.1) is 0 Å². The summed E-state index contributed by atoms with van der Waals surface area (Å²) >= 11 is 13.2. The maximum absolute atomic E-state index is 6.40. The summed E-state index contributed by atoms with van der Waals surface area (Å²) in [6.07, 6.45) is 6.65. The Bertz CT molecular complexity index is 535. The van der Waals surface area contributed by atoms with Crippen LogP contribution >= 0.6 is 35.6 Å². The van der Waals surface area contributed by atoms with E-state index in [2.05, 4.69) is 30.4 Å². The van der Waals surface area contributed by atoms with Gasteiger partial charge in [-0.05, 0) is 42.4 Å². The Kier molecular flexibility index (Phi) is 11.1. The smallest absolute Gasteiger partial charge is 0.184 e. The molecule has 0 unspecified atom stereocenters. The maximum Gasteiger partial charge on any atom is 0.184 e. The van der Waals surface area contributed by atoms with Gasteiger partial charge in [0.25, 0.3) is 0 Å². The molecule has 3 N–H and O–H groups in total. The number of nitrogens with one attached hydrogen (secondary N) is 1. The van der Waals surface area contributed by atoms with Gasteiger partial charge in [-0.2, -0.15) is 16.9 Å². The van der Waals surface area contributed by atoms with E-state index in [1.807, 2.05) is 30.0 Å². The van der Waals surface area contributed by atoms with Gasteiger partial charge in [0.2, 0.25) is 0 Å². The summed E-state index contributed by atoms with van der Waals surface area (Å²) in [6, 6.07) is 8.06. The second kappa shape index (κ2) is 12.6. The standard InChI is InChI=1S/C18H28ClN3S2/c1-3-5-6-7-10-14(21-22-18(20)23)13-17(24-4-2)15-11-8-9-12-16(15)19/h8-9,11-12,17H,3-7,10,13H2,1-2H3,(H3,20,22,23)/b21-14+/t17-/m0/s1. The van der Waals surface area contributed by atoms with Crippen LogP contribution in [0.2, 0.25) is 5.02 Å². The number of nitrogens with two attached hydrogens (primary N) is 1. The van der Waals surface area contributed by atoms with E-state index in [-0.39, 0.29) is 5.11 Å². The number of unbranched alkanes of at least 4 members (excludes halogenated alkanes) is 3. The molecule has 1 rings (SSSR count). The molecule has 6 heteroatoms. The fraction of sp³-hybridized carbons (Fsp3) is 0.556. The molecule has 0 saturated heterocycles. The third-order valence-corrected chi connectivity index (χ3v) is 5.28. The van der Waals surface area contributed by atoms with Crippen molar-refractivity contribution in [2.45, 2.75) is 57.6 Å². The highest BCUT2D eigenvalue weighted by Crippen LogP contribution is 2.36. The molecule has 1 aromatic rings. The maximum atomic E-state index is 6.40. The van der Waals surface area contributed by atoms with Crippen LogP contribution in [-0.4, -0.2) is 16.6 Å². The second-order valence-electron chi connectivity index (χ2n) is 5.63. The first kappa shape index (κ1) is 21.3. The molecule has 1 atom stereocenters. The first-order chi connectivity index (χ1) is 11.6. The van der Waals surface area contributed by atoms with Crippen molar-refractivity contribution in [1.82, 2.24) is 5.43 Å². The summed E-state index contributed by atoms with van der Waals surface area (Å²) in [5.41, 5.74) is 10.6. The highest BCUT2D eigenvalue weighted by atomic mass is 35.5. The van der Waals surface area contributed by atoms with Gasteiger partial charge in [0.15, 0.2) is 5.11 Å². The number of halogens is 1. The van der Waals surface area contributed by atoms with E-state index < -0.39 is 0 Å². The lowest BCUT2D eigenvalue weighted by Gasteiger charge is -2.19. The van der Waals surface area contributed by atoms with E-state index >= 15 is 0 Å². The van der Waals surface area contributed by atoms with E-state index in [0.29, 0.717) is 5.25 Å². The number of thioether (sulfide) groups is 1. The molecule has 0 amide bonds. The summed E-state index contributed by atoms with van der Waals surface area (Å²) in [7, 11) is 0. The van der Waals surface area contributed by atoms with E-state index in [4.69, 9.17) is 29.6 Å². The Labute approximate surface area is 160 Å². The highest BCUT2D eigenvalue weighted by molar-refractivity contribution is 7.99. The fourth-order valence-corrected chi connectivity index (χ4v) is 3.98. The summed E-state index contributed by atoms with van der Waals surface area (Å²) in [5, 5.41) is 5.76. The average Bonchev–Trinajstić information content (AvgIpc) is 2.56. The SMILES string of the molecule is CCCCCC/C(C[C@H](SCC)c1ccccc1Cl)=N\NC(N)=S. The Hall–Kier alpha value is -0.780. The van der Waals surface area contributed by atoms with E-state index in [1.54, 1.807) is 0 Å². The van der Waals surface area contributed by atoms with Crippen LogP contribution in [0.25, 0.3) is 0 Å². The van der Waals surface area contributed by atoms with Crippen molar-refractivity contribution in [3.8, 4) is 0 Å². The minimum Gasteiger partial charge on any atom is -0.375 e. The Morgan fingerprint density at radius 3 is 2.67 bits per heavy atom. The van der Waals surface area contributed by atoms with Crippen LogP contribution in [-0.2, 0) is 0 Å². The summed E-state index contributed by atoms with van der Waals surface area (Å²) in [5.74, 6) is 1.03. The number of benzene rings is 1. The van der Waals surface area contributed by atoms with Crippen molar-refractivity contribution in [2.75, 3.05) is 5.75 Å². The van der Waals surface area contributed by atoms with Crippen molar-refractivity contribution in [2.24, 2.45) is 10.8 Å². The van der Waals surface area contributed by atoms with Crippen LogP contribution in [0, 0.1) is 0 Å². The molecule has 0 radical (unpaired) electrons. The summed E-state index contributed by atoms with van der Waals surface area (Å²) in [4.78, 5) is 0. The third kappa shape index (κ3) is 8.36. The van der Waals surface area contributed by atoms with E-state index in [9.17, 15) is 0 Å². The van der Waals surface area contributed by atoms with Gasteiger partial charge in [-0.15, -0.1) is 0 Å². The lowest BCUT2D eigenvalue weighted by Crippen LogP contribution is -2.25. The molecule has 24 heavy (non-hydrogen) atoms. The topological polar surface area (TPSA) is 50.4 Å². The third-order valence-electron chi connectivity index (χ3n) is 3.68. The van der Waals surface area contributed by atoms with Crippen LogP contribution < -0.4 is 11.2 Å². The fourth-order valence-electron chi connectivity index (χ4n) is 2.50. The molecule has 0 aliphatic heterocycles.